The van der Waals surface area contributed by atoms with Crippen molar-refractivity contribution in [1.82, 2.24) is 0 Å². The van der Waals surface area contributed by atoms with Crippen molar-refractivity contribution in [3.63, 3.8) is 0 Å². The Balaban J connectivity index is 2.11. The number of rotatable bonds is 3. The highest BCUT2D eigenvalue weighted by Gasteiger charge is 1.94. The number of hydrogen-bond donors (Lipinski definition) is 1. The Bertz CT molecular complexity index is 408. The van der Waals surface area contributed by atoms with Crippen LogP contribution >= 0.6 is 0 Å². The van der Waals surface area contributed by atoms with Gasteiger partial charge in [-0.05, 0) is 30.3 Å². The minimum atomic E-state index is 0.859. The molecule has 0 saturated heterocycles. The minimum absolute atomic E-state index is 0.859. The van der Waals surface area contributed by atoms with Crippen LogP contribution in [0.15, 0.2) is 48.5 Å². The van der Waals surface area contributed by atoms with Crippen LogP contribution in [0, 0.1) is 6.07 Å². The van der Waals surface area contributed by atoms with Gasteiger partial charge in [-0.2, -0.15) is 0 Å². The second kappa shape index (κ2) is 4.51. The Hall–Kier alpha value is -1.96. The van der Waals surface area contributed by atoms with Crippen LogP contribution in [-0.4, -0.2) is 7.11 Å². The second-order valence-corrected chi connectivity index (χ2v) is 3.13. The normalized spacial score (nSPS) is 9.67. The van der Waals surface area contributed by atoms with E-state index in [4.69, 9.17) is 4.74 Å². The minimum Gasteiger partial charge on any atom is -0.497 e. The molecule has 0 spiro atoms. The largest absolute Gasteiger partial charge is 0.497 e. The molecule has 0 aliphatic rings. The highest BCUT2D eigenvalue weighted by molar-refractivity contribution is 5.59. The molecule has 2 rings (SSSR count). The summed E-state index contributed by atoms with van der Waals surface area (Å²) in [5.41, 5.74) is 1.99. The summed E-state index contributed by atoms with van der Waals surface area (Å²) in [6.45, 7) is 0. The van der Waals surface area contributed by atoms with Crippen molar-refractivity contribution in [1.29, 1.82) is 0 Å². The molecule has 0 bridgehead atoms. The number of ether oxygens (including phenoxy) is 1. The molecule has 2 aromatic rings. The van der Waals surface area contributed by atoms with Gasteiger partial charge < -0.3 is 10.1 Å². The number of hydrogen-bond acceptors (Lipinski definition) is 2. The van der Waals surface area contributed by atoms with Crippen LogP contribution in [0.1, 0.15) is 0 Å². The van der Waals surface area contributed by atoms with E-state index in [1.165, 1.54) is 0 Å². The Kier molecular flexibility index (Phi) is 2.88. The van der Waals surface area contributed by atoms with Gasteiger partial charge in [0, 0.05) is 17.4 Å². The molecule has 2 aromatic carbocycles. The smallest absolute Gasteiger partial charge is 0.119 e. The summed E-state index contributed by atoms with van der Waals surface area (Å²) < 4.78 is 5.08. The third-order valence-electron chi connectivity index (χ3n) is 2.08. The third-order valence-corrected chi connectivity index (χ3v) is 2.08. The van der Waals surface area contributed by atoms with Crippen molar-refractivity contribution in [2.75, 3.05) is 12.4 Å². The Morgan fingerprint density at radius 1 is 1.07 bits per heavy atom. The van der Waals surface area contributed by atoms with Crippen LogP contribution in [0.5, 0.6) is 5.75 Å². The summed E-state index contributed by atoms with van der Waals surface area (Å²) in [5, 5.41) is 3.24. The van der Waals surface area contributed by atoms with Gasteiger partial charge in [-0.15, -0.1) is 0 Å². The van der Waals surface area contributed by atoms with Gasteiger partial charge in [0.1, 0.15) is 5.75 Å². The lowest BCUT2D eigenvalue weighted by Crippen LogP contribution is -1.90. The predicted molar refractivity (Wildman–Crippen MR) is 61.6 cm³/mol. The molecule has 0 aliphatic heterocycles. The second-order valence-electron chi connectivity index (χ2n) is 3.13. The van der Waals surface area contributed by atoms with Gasteiger partial charge in [-0.1, -0.05) is 18.2 Å². The first kappa shape index (κ1) is 9.59. The van der Waals surface area contributed by atoms with Crippen LogP contribution in [0.25, 0.3) is 0 Å². The lowest BCUT2D eigenvalue weighted by molar-refractivity contribution is 0.415. The quantitative estimate of drug-likeness (QED) is 0.817. The van der Waals surface area contributed by atoms with E-state index >= 15 is 0 Å². The van der Waals surface area contributed by atoms with Crippen molar-refractivity contribution < 1.29 is 4.74 Å². The summed E-state index contributed by atoms with van der Waals surface area (Å²) in [7, 11) is 1.66. The molecular formula is C13H12NO. The molecule has 0 fully saturated rings. The molecule has 0 atom stereocenters. The van der Waals surface area contributed by atoms with Crippen LogP contribution in [0.2, 0.25) is 0 Å². The first-order valence-electron chi connectivity index (χ1n) is 4.76. The molecule has 15 heavy (non-hydrogen) atoms. The molecule has 0 aromatic heterocycles. The van der Waals surface area contributed by atoms with Gasteiger partial charge in [0.15, 0.2) is 0 Å². The highest BCUT2D eigenvalue weighted by Crippen LogP contribution is 2.18. The van der Waals surface area contributed by atoms with Gasteiger partial charge in [0.2, 0.25) is 0 Å². The summed E-state index contributed by atoms with van der Waals surface area (Å²) in [6.07, 6.45) is 0. The van der Waals surface area contributed by atoms with E-state index in [-0.39, 0.29) is 0 Å². The summed E-state index contributed by atoms with van der Waals surface area (Å²) >= 11 is 0. The summed E-state index contributed by atoms with van der Waals surface area (Å²) in [5.74, 6) is 0.859. The fourth-order valence-corrected chi connectivity index (χ4v) is 1.30. The number of benzene rings is 2. The third kappa shape index (κ3) is 2.50. The van der Waals surface area contributed by atoms with E-state index in [0.717, 1.165) is 17.1 Å². The average molecular weight is 198 g/mol. The van der Waals surface area contributed by atoms with Gasteiger partial charge >= 0.3 is 0 Å². The number of para-hydroxylation sites is 1. The fraction of sp³-hybridized carbons (Fsp3) is 0.0769. The van der Waals surface area contributed by atoms with Crippen molar-refractivity contribution >= 4 is 11.4 Å². The maximum Gasteiger partial charge on any atom is 0.119 e. The topological polar surface area (TPSA) is 21.3 Å². The van der Waals surface area contributed by atoms with Crippen LogP contribution in [0.4, 0.5) is 11.4 Å². The maximum atomic E-state index is 5.08. The predicted octanol–water partition coefficient (Wildman–Crippen LogP) is 3.24. The first-order valence-corrected chi connectivity index (χ1v) is 4.76. The lowest BCUT2D eigenvalue weighted by atomic mass is 10.2. The standard InChI is InChI=1S/C13H12NO/c1-15-13-9-7-12(8-10-13)14-11-5-3-2-4-6-11/h2-5,7-10,14H,1H3. The van der Waals surface area contributed by atoms with Crippen molar-refractivity contribution in [2.24, 2.45) is 0 Å². The lowest BCUT2D eigenvalue weighted by Gasteiger charge is -2.06. The van der Waals surface area contributed by atoms with Crippen LogP contribution < -0.4 is 10.1 Å². The van der Waals surface area contributed by atoms with Gasteiger partial charge in [-0.3, -0.25) is 0 Å². The van der Waals surface area contributed by atoms with E-state index < -0.39 is 0 Å². The first-order chi connectivity index (χ1) is 7.38. The van der Waals surface area contributed by atoms with E-state index in [1.807, 2.05) is 48.5 Å². The van der Waals surface area contributed by atoms with Crippen LogP contribution in [0.3, 0.4) is 0 Å². The van der Waals surface area contributed by atoms with Gasteiger partial charge in [0.05, 0.1) is 7.11 Å². The molecule has 0 heterocycles. The molecule has 0 unspecified atom stereocenters. The molecule has 1 N–H and O–H groups in total. The van der Waals surface area contributed by atoms with Crippen molar-refractivity contribution in [2.45, 2.75) is 0 Å². The summed E-state index contributed by atoms with van der Waals surface area (Å²) in [4.78, 5) is 0. The molecule has 2 heteroatoms. The monoisotopic (exact) mass is 198 g/mol. The molecule has 0 aliphatic carbocycles. The molecule has 1 radical (unpaired) electrons. The molecule has 0 saturated carbocycles. The zero-order valence-electron chi connectivity index (χ0n) is 8.53. The number of anilines is 2. The zero-order valence-corrected chi connectivity index (χ0v) is 8.53. The van der Waals surface area contributed by atoms with E-state index in [9.17, 15) is 0 Å². The maximum absolute atomic E-state index is 5.08. The van der Waals surface area contributed by atoms with E-state index in [0.29, 0.717) is 0 Å². The van der Waals surface area contributed by atoms with Gasteiger partial charge in [-0.25, -0.2) is 0 Å². The average Bonchev–Trinajstić information content (AvgIpc) is 2.31. The Morgan fingerprint density at radius 3 is 2.47 bits per heavy atom. The molecule has 0 amide bonds. The number of methoxy groups -OCH3 is 1. The van der Waals surface area contributed by atoms with E-state index in [2.05, 4.69) is 11.4 Å². The Labute approximate surface area is 89.5 Å². The van der Waals surface area contributed by atoms with Crippen LogP contribution in [-0.2, 0) is 0 Å². The van der Waals surface area contributed by atoms with E-state index in [1.54, 1.807) is 7.11 Å². The molecular weight excluding hydrogens is 186 g/mol. The SMILES string of the molecule is COc1ccc(Nc2[c]cccc2)cc1. The summed E-state index contributed by atoms with van der Waals surface area (Å²) in [6, 6.07) is 18.7. The molecule has 2 nitrogen and oxygen atoms in total. The van der Waals surface area contributed by atoms with Crippen molar-refractivity contribution in [3.8, 4) is 5.75 Å². The van der Waals surface area contributed by atoms with Gasteiger partial charge in [0.25, 0.3) is 0 Å². The number of nitrogens with one attached hydrogen (secondary N) is 1. The molecule has 75 valence electrons. The zero-order chi connectivity index (χ0) is 10.5. The Morgan fingerprint density at radius 2 is 1.87 bits per heavy atom. The fourth-order valence-electron chi connectivity index (χ4n) is 1.30. The van der Waals surface area contributed by atoms with Crippen molar-refractivity contribution in [3.05, 3.63) is 54.6 Å². The highest BCUT2D eigenvalue weighted by atomic mass is 16.5.